The first-order chi connectivity index (χ1) is 7.19. The van der Waals surface area contributed by atoms with Gasteiger partial charge in [-0.05, 0) is 18.8 Å². The Labute approximate surface area is 90.4 Å². The van der Waals surface area contributed by atoms with Gasteiger partial charge < -0.3 is 10.1 Å². The van der Waals surface area contributed by atoms with Crippen LogP contribution in [0.15, 0.2) is 0 Å². The van der Waals surface area contributed by atoms with Crippen molar-refractivity contribution in [2.75, 3.05) is 7.11 Å². The third kappa shape index (κ3) is 3.22. The number of ketones is 1. The number of alkyl carbamates (subject to hydrolysis) is 1. The Morgan fingerprint density at radius 2 is 2.00 bits per heavy atom. The van der Waals surface area contributed by atoms with Crippen LogP contribution in [0, 0.1) is 5.92 Å². The summed E-state index contributed by atoms with van der Waals surface area (Å²) in [6, 6.07) is -0.343. The molecule has 0 aromatic rings. The van der Waals surface area contributed by atoms with E-state index in [1.807, 2.05) is 6.92 Å². The summed E-state index contributed by atoms with van der Waals surface area (Å²) in [6.45, 7) is 1.82. The Morgan fingerprint density at radius 1 is 1.40 bits per heavy atom. The van der Waals surface area contributed by atoms with Crippen molar-refractivity contribution in [1.82, 2.24) is 5.32 Å². The minimum atomic E-state index is -0.506. The molecule has 1 rings (SSSR count). The molecule has 1 aliphatic rings. The Kier molecular flexibility index (Phi) is 4.59. The molecule has 86 valence electrons. The third-order valence-corrected chi connectivity index (χ3v) is 3.03. The molecule has 1 N–H and O–H groups in total. The van der Waals surface area contributed by atoms with E-state index in [1.54, 1.807) is 0 Å². The first-order valence-corrected chi connectivity index (χ1v) is 5.56. The number of methoxy groups -OCH3 is 1. The van der Waals surface area contributed by atoms with E-state index in [2.05, 4.69) is 10.1 Å². The number of carbonyl (C=O) groups excluding carboxylic acids is 2. The van der Waals surface area contributed by atoms with Gasteiger partial charge in [-0.15, -0.1) is 0 Å². The summed E-state index contributed by atoms with van der Waals surface area (Å²) in [7, 11) is 1.32. The largest absolute Gasteiger partial charge is 0.453 e. The first-order valence-electron chi connectivity index (χ1n) is 5.56. The van der Waals surface area contributed by atoms with Crippen LogP contribution in [0.2, 0.25) is 0 Å². The van der Waals surface area contributed by atoms with Crippen molar-refractivity contribution >= 4 is 11.9 Å². The highest BCUT2D eigenvalue weighted by Gasteiger charge is 2.30. The lowest BCUT2D eigenvalue weighted by Gasteiger charge is -2.22. The molecule has 1 unspecified atom stereocenters. The van der Waals surface area contributed by atoms with Gasteiger partial charge in [0.05, 0.1) is 13.2 Å². The van der Waals surface area contributed by atoms with Crippen LogP contribution in [-0.2, 0) is 9.53 Å². The molecule has 1 saturated carbocycles. The number of hydrogen-bond acceptors (Lipinski definition) is 3. The predicted molar refractivity (Wildman–Crippen MR) is 56.6 cm³/mol. The van der Waals surface area contributed by atoms with E-state index >= 15 is 0 Å². The molecule has 0 aromatic carbocycles. The first kappa shape index (κ1) is 12.0. The smallest absolute Gasteiger partial charge is 0.407 e. The van der Waals surface area contributed by atoms with Gasteiger partial charge in [-0.1, -0.05) is 19.8 Å². The maximum Gasteiger partial charge on any atom is 0.407 e. The fraction of sp³-hybridized carbons (Fsp3) is 0.818. The maximum atomic E-state index is 11.7. The number of nitrogens with one attached hydrogen (secondary N) is 1. The van der Waals surface area contributed by atoms with Crippen molar-refractivity contribution in [3.8, 4) is 0 Å². The zero-order valence-electron chi connectivity index (χ0n) is 9.41. The maximum absolute atomic E-state index is 11.7. The minimum Gasteiger partial charge on any atom is -0.453 e. The van der Waals surface area contributed by atoms with Crippen LogP contribution in [0.3, 0.4) is 0 Å². The van der Waals surface area contributed by atoms with Gasteiger partial charge in [-0.25, -0.2) is 4.79 Å². The highest BCUT2D eigenvalue weighted by Crippen LogP contribution is 2.28. The van der Waals surface area contributed by atoms with E-state index in [1.165, 1.54) is 7.11 Å². The number of ether oxygens (including phenoxy) is 1. The molecule has 0 spiro atoms. The molecule has 0 heterocycles. The van der Waals surface area contributed by atoms with E-state index in [4.69, 9.17) is 0 Å². The average Bonchev–Trinajstić information content (AvgIpc) is 2.77. The van der Waals surface area contributed by atoms with Crippen molar-refractivity contribution in [2.45, 2.75) is 45.1 Å². The van der Waals surface area contributed by atoms with Crippen LogP contribution in [0.5, 0.6) is 0 Å². The monoisotopic (exact) mass is 213 g/mol. The van der Waals surface area contributed by atoms with E-state index in [9.17, 15) is 9.59 Å². The highest BCUT2D eigenvalue weighted by molar-refractivity contribution is 5.87. The zero-order chi connectivity index (χ0) is 11.3. The van der Waals surface area contributed by atoms with Gasteiger partial charge in [0, 0.05) is 6.42 Å². The third-order valence-electron chi connectivity index (χ3n) is 3.03. The lowest BCUT2D eigenvalue weighted by Crippen LogP contribution is -2.45. The Balaban J connectivity index is 2.59. The van der Waals surface area contributed by atoms with Crippen LogP contribution >= 0.6 is 0 Å². The average molecular weight is 213 g/mol. The van der Waals surface area contributed by atoms with Gasteiger partial charge in [-0.2, -0.15) is 0 Å². The summed E-state index contributed by atoms with van der Waals surface area (Å²) in [5, 5.41) is 2.65. The van der Waals surface area contributed by atoms with Crippen LogP contribution in [0.4, 0.5) is 4.79 Å². The molecule has 15 heavy (non-hydrogen) atoms. The number of rotatable bonds is 4. The number of Topliss-reactive ketones (excluding diaryl/α,β-unsaturated/α-hetero) is 1. The molecule has 4 heteroatoms. The van der Waals surface area contributed by atoms with Crippen molar-refractivity contribution in [3.05, 3.63) is 0 Å². The van der Waals surface area contributed by atoms with Gasteiger partial charge in [0.1, 0.15) is 0 Å². The molecule has 0 saturated heterocycles. The molecular formula is C11H19NO3. The van der Waals surface area contributed by atoms with E-state index < -0.39 is 6.09 Å². The quantitative estimate of drug-likeness (QED) is 0.775. The van der Waals surface area contributed by atoms with E-state index in [-0.39, 0.29) is 11.8 Å². The second kappa shape index (κ2) is 5.73. The zero-order valence-corrected chi connectivity index (χ0v) is 9.41. The molecule has 0 radical (unpaired) electrons. The number of carbonyl (C=O) groups is 2. The summed E-state index contributed by atoms with van der Waals surface area (Å²) < 4.78 is 4.53. The second-order valence-corrected chi connectivity index (χ2v) is 3.98. The van der Waals surface area contributed by atoms with Crippen molar-refractivity contribution < 1.29 is 14.3 Å². The van der Waals surface area contributed by atoms with Crippen LogP contribution < -0.4 is 5.32 Å². The molecule has 1 amide bonds. The molecule has 1 aliphatic carbocycles. The van der Waals surface area contributed by atoms with Gasteiger partial charge in [0.2, 0.25) is 0 Å². The van der Waals surface area contributed by atoms with Gasteiger partial charge >= 0.3 is 6.09 Å². The predicted octanol–water partition coefficient (Wildman–Crippen LogP) is 1.88. The number of amides is 1. The van der Waals surface area contributed by atoms with Crippen molar-refractivity contribution in [3.63, 3.8) is 0 Å². The van der Waals surface area contributed by atoms with Crippen LogP contribution in [0.1, 0.15) is 39.0 Å². The van der Waals surface area contributed by atoms with Crippen LogP contribution in [0.25, 0.3) is 0 Å². The van der Waals surface area contributed by atoms with E-state index in [0.717, 1.165) is 25.7 Å². The fourth-order valence-corrected chi connectivity index (χ4v) is 2.16. The van der Waals surface area contributed by atoms with Gasteiger partial charge in [0.15, 0.2) is 5.78 Å². The summed E-state index contributed by atoms with van der Waals surface area (Å²) >= 11 is 0. The highest BCUT2D eigenvalue weighted by atomic mass is 16.5. The fourth-order valence-electron chi connectivity index (χ4n) is 2.16. The lowest BCUT2D eigenvalue weighted by molar-refractivity contribution is -0.121. The Bertz CT molecular complexity index is 234. The topological polar surface area (TPSA) is 55.4 Å². The van der Waals surface area contributed by atoms with Crippen molar-refractivity contribution in [1.29, 1.82) is 0 Å². The summed E-state index contributed by atoms with van der Waals surface area (Å²) in [5.74, 6) is 0.406. The molecule has 0 aromatic heterocycles. The Hall–Kier alpha value is -1.06. The van der Waals surface area contributed by atoms with E-state index in [0.29, 0.717) is 12.3 Å². The van der Waals surface area contributed by atoms with Gasteiger partial charge in [0.25, 0.3) is 0 Å². The molecule has 1 fully saturated rings. The molecule has 1 atom stereocenters. The summed E-state index contributed by atoms with van der Waals surface area (Å²) in [6.07, 6.45) is 4.32. The van der Waals surface area contributed by atoms with Gasteiger partial charge in [-0.3, -0.25) is 4.79 Å². The SMILES string of the molecule is CCC(=O)C(NC(=O)OC)C1CCCC1. The molecule has 0 aliphatic heterocycles. The molecular weight excluding hydrogens is 194 g/mol. The lowest BCUT2D eigenvalue weighted by atomic mass is 9.93. The van der Waals surface area contributed by atoms with Crippen LogP contribution in [-0.4, -0.2) is 25.0 Å². The minimum absolute atomic E-state index is 0.104. The van der Waals surface area contributed by atoms with Crippen molar-refractivity contribution in [2.24, 2.45) is 5.92 Å². The number of hydrogen-bond donors (Lipinski definition) is 1. The normalized spacial score (nSPS) is 18.5. The summed E-state index contributed by atoms with van der Waals surface area (Å²) in [4.78, 5) is 22.8. The summed E-state index contributed by atoms with van der Waals surface area (Å²) in [5.41, 5.74) is 0. The molecule has 4 nitrogen and oxygen atoms in total. The molecule has 0 bridgehead atoms. The second-order valence-electron chi connectivity index (χ2n) is 3.98. The standard InChI is InChI=1S/C11H19NO3/c1-3-9(13)10(12-11(14)15-2)8-6-4-5-7-8/h8,10H,3-7H2,1-2H3,(H,12,14). The Morgan fingerprint density at radius 3 is 2.47 bits per heavy atom.